The van der Waals surface area contributed by atoms with Crippen LogP contribution in [0.5, 0.6) is 0 Å². The van der Waals surface area contributed by atoms with E-state index in [1.807, 2.05) is 13.0 Å². The Bertz CT molecular complexity index is 858. The highest BCUT2D eigenvalue weighted by Gasteiger charge is 2.70. The molecule has 164 valence electrons. The third-order valence-corrected chi connectivity index (χ3v) is 8.85. The minimum Gasteiger partial charge on any atom is -0.451 e. The molecule has 2 unspecified atom stereocenters. The summed E-state index contributed by atoms with van der Waals surface area (Å²) in [5, 5.41) is 21.1. The number of esters is 1. The van der Waals surface area contributed by atoms with Gasteiger partial charge in [-0.05, 0) is 55.6 Å². The highest BCUT2D eigenvalue weighted by molar-refractivity contribution is 6.01. The van der Waals surface area contributed by atoms with Gasteiger partial charge in [0.2, 0.25) is 5.78 Å². The van der Waals surface area contributed by atoms with Gasteiger partial charge in [0.15, 0.2) is 11.4 Å². The summed E-state index contributed by atoms with van der Waals surface area (Å²) in [6.07, 6.45) is 6.77. The lowest BCUT2D eigenvalue weighted by Gasteiger charge is -2.61. The normalized spacial score (nSPS) is 47.1. The number of hydrogen-bond donors (Lipinski definition) is 2. The number of hydrogen-bond acceptors (Lipinski definition) is 6. The molecule has 0 saturated heterocycles. The lowest BCUT2D eigenvalue weighted by atomic mass is 9.44. The van der Waals surface area contributed by atoms with E-state index in [4.69, 9.17) is 4.74 Å². The molecule has 3 saturated carbocycles. The zero-order valence-electron chi connectivity index (χ0n) is 18.2. The summed E-state index contributed by atoms with van der Waals surface area (Å²) >= 11 is 0. The maximum absolute atomic E-state index is 12.9. The van der Waals surface area contributed by atoms with E-state index in [9.17, 15) is 24.6 Å². The van der Waals surface area contributed by atoms with Crippen LogP contribution >= 0.6 is 0 Å². The average molecular weight is 417 g/mol. The van der Waals surface area contributed by atoms with Gasteiger partial charge in [0.05, 0.1) is 6.10 Å². The lowest BCUT2D eigenvalue weighted by Crippen LogP contribution is -2.63. The topological polar surface area (TPSA) is 101 Å². The third-order valence-electron chi connectivity index (χ3n) is 8.85. The van der Waals surface area contributed by atoms with Crippen molar-refractivity contribution in [1.29, 1.82) is 0 Å². The molecule has 6 heteroatoms. The molecule has 4 rings (SSSR count). The second-order valence-electron chi connectivity index (χ2n) is 10.3. The molecule has 0 radical (unpaired) electrons. The minimum absolute atomic E-state index is 0.00815. The Morgan fingerprint density at radius 1 is 1.30 bits per heavy atom. The number of aliphatic hydroxyl groups excluding tert-OH is 2. The van der Waals surface area contributed by atoms with E-state index in [1.54, 1.807) is 12.2 Å². The molecule has 4 aliphatic carbocycles. The quantitative estimate of drug-likeness (QED) is 0.685. The Balaban J connectivity index is 1.80. The highest BCUT2D eigenvalue weighted by atomic mass is 16.6. The predicted octanol–water partition coefficient (Wildman–Crippen LogP) is 2.37. The fourth-order valence-electron chi connectivity index (χ4n) is 7.79. The molecule has 0 aromatic rings. The summed E-state index contributed by atoms with van der Waals surface area (Å²) in [6.45, 7) is 6.77. The molecule has 0 heterocycles. The summed E-state index contributed by atoms with van der Waals surface area (Å²) in [7, 11) is 0. The Labute approximate surface area is 177 Å². The van der Waals surface area contributed by atoms with Gasteiger partial charge in [-0.25, -0.2) is 0 Å². The van der Waals surface area contributed by atoms with Crippen LogP contribution in [0.2, 0.25) is 0 Å². The summed E-state index contributed by atoms with van der Waals surface area (Å²) in [5.74, 6) is -0.724. The average Bonchev–Trinajstić information content (AvgIpc) is 2.94. The second-order valence-corrected chi connectivity index (χ2v) is 10.3. The SMILES string of the molecule is CC(=O)O[C@]1(C(=O)CO)CC[C@H]2[C@@H]3CC(C)C4=CC(=O)C=C[C@]4(C)[C@H]3C(O)C[C@@]21C. The molecule has 8 atom stereocenters. The second kappa shape index (κ2) is 6.86. The van der Waals surface area contributed by atoms with E-state index in [1.165, 1.54) is 6.92 Å². The summed E-state index contributed by atoms with van der Waals surface area (Å²) in [5.41, 5.74) is -1.48. The molecular formula is C24H32O6. The van der Waals surface area contributed by atoms with Crippen LogP contribution in [0.25, 0.3) is 0 Å². The molecule has 0 aromatic carbocycles. The molecule has 30 heavy (non-hydrogen) atoms. The van der Waals surface area contributed by atoms with Crippen molar-refractivity contribution in [2.24, 2.45) is 34.5 Å². The molecule has 0 amide bonds. The van der Waals surface area contributed by atoms with Gasteiger partial charge in [-0.2, -0.15) is 0 Å². The number of allylic oxidation sites excluding steroid dienone is 4. The van der Waals surface area contributed by atoms with Crippen LogP contribution in [0, 0.1) is 34.5 Å². The minimum atomic E-state index is -1.40. The Morgan fingerprint density at radius 3 is 2.63 bits per heavy atom. The van der Waals surface area contributed by atoms with Gasteiger partial charge in [0.1, 0.15) is 6.61 Å². The van der Waals surface area contributed by atoms with Crippen LogP contribution < -0.4 is 0 Å². The fraction of sp³-hybridized carbons (Fsp3) is 0.708. The lowest BCUT2D eigenvalue weighted by molar-refractivity contribution is -0.199. The Kier molecular flexibility index (Phi) is 4.90. The van der Waals surface area contributed by atoms with E-state index < -0.39 is 40.9 Å². The zero-order chi connectivity index (χ0) is 22.1. The van der Waals surface area contributed by atoms with Crippen molar-refractivity contribution in [3.8, 4) is 0 Å². The first-order valence-corrected chi connectivity index (χ1v) is 11.0. The summed E-state index contributed by atoms with van der Waals surface area (Å²) < 4.78 is 5.70. The maximum atomic E-state index is 12.9. The van der Waals surface area contributed by atoms with Gasteiger partial charge >= 0.3 is 5.97 Å². The molecule has 0 aromatic heterocycles. The van der Waals surface area contributed by atoms with Crippen LogP contribution in [0.4, 0.5) is 0 Å². The number of fused-ring (bicyclic) bond motifs is 5. The van der Waals surface area contributed by atoms with Crippen LogP contribution in [-0.4, -0.2) is 46.1 Å². The highest BCUT2D eigenvalue weighted by Crippen LogP contribution is 2.68. The number of carbonyl (C=O) groups excluding carboxylic acids is 3. The fourth-order valence-corrected chi connectivity index (χ4v) is 7.79. The smallest absolute Gasteiger partial charge is 0.303 e. The van der Waals surface area contributed by atoms with E-state index in [2.05, 4.69) is 13.8 Å². The number of rotatable bonds is 3. The van der Waals surface area contributed by atoms with Crippen molar-refractivity contribution < 1.29 is 29.3 Å². The van der Waals surface area contributed by atoms with Crippen LogP contribution in [-0.2, 0) is 19.1 Å². The van der Waals surface area contributed by atoms with Gasteiger partial charge in [-0.3, -0.25) is 14.4 Å². The number of aliphatic hydroxyl groups is 2. The number of carbonyl (C=O) groups is 3. The molecular weight excluding hydrogens is 384 g/mol. The van der Waals surface area contributed by atoms with Gasteiger partial charge in [-0.15, -0.1) is 0 Å². The zero-order valence-corrected chi connectivity index (χ0v) is 18.2. The number of ether oxygens (including phenoxy) is 1. The number of Topliss-reactive ketones (excluding diaryl/α,β-unsaturated/α-hetero) is 1. The Morgan fingerprint density at radius 2 is 2.00 bits per heavy atom. The van der Waals surface area contributed by atoms with Crippen molar-refractivity contribution >= 4 is 17.5 Å². The molecule has 0 aliphatic heterocycles. The first-order chi connectivity index (χ1) is 14.0. The largest absolute Gasteiger partial charge is 0.451 e. The molecule has 2 N–H and O–H groups in total. The van der Waals surface area contributed by atoms with Crippen molar-refractivity contribution in [3.63, 3.8) is 0 Å². The summed E-state index contributed by atoms with van der Waals surface area (Å²) in [4.78, 5) is 36.9. The standard InChI is InChI=1S/C24H32O6/c1-13-9-16-17-6-8-24(20(29)12-25,30-14(2)26)23(17,4)11-19(28)21(16)22(3)7-5-15(27)10-18(13)22/h5,7,10,13,16-17,19,21,25,28H,6,8-9,11-12H2,1-4H3/t13?,16-,17-,19?,21+,22-,23-,24-/m0/s1. The van der Waals surface area contributed by atoms with Gasteiger partial charge < -0.3 is 14.9 Å². The van der Waals surface area contributed by atoms with E-state index in [-0.39, 0.29) is 29.5 Å². The van der Waals surface area contributed by atoms with E-state index >= 15 is 0 Å². The van der Waals surface area contributed by atoms with Crippen molar-refractivity contribution in [2.75, 3.05) is 6.61 Å². The maximum Gasteiger partial charge on any atom is 0.303 e. The van der Waals surface area contributed by atoms with Gasteiger partial charge in [0, 0.05) is 23.7 Å². The third kappa shape index (κ3) is 2.65. The molecule has 0 spiro atoms. The van der Waals surface area contributed by atoms with Crippen LogP contribution in [0.15, 0.2) is 23.8 Å². The number of ketones is 2. The first-order valence-electron chi connectivity index (χ1n) is 11.0. The summed E-state index contributed by atoms with van der Waals surface area (Å²) in [6, 6.07) is 0. The van der Waals surface area contributed by atoms with Gasteiger partial charge in [-0.1, -0.05) is 32.4 Å². The molecule has 0 bridgehead atoms. The van der Waals surface area contributed by atoms with Crippen LogP contribution in [0.3, 0.4) is 0 Å². The predicted molar refractivity (Wildman–Crippen MR) is 109 cm³/mol. The van der Waals surface area contributed by atoms with Crippen molar-refractivity contribution in [2.45, 2.75) is 65.1 Å². The molecule has 6 nitrogen and oxygen atoms in total. The monoisotopic (exact) mass is 416 g/mol. The Hall–Kier alpha value is -1.79. The van der Waals surface area contributed by atoms with E-state index in [0.29, 0.717) is 19.3 Å². The van der Waals surface area contributed by atoms with Crippen LogP contribution in [0.1, 0.15) is 53.4 Å². The first kappa shape index (κ1) is 21.4. The molecule has 4 aliphatic rings. The molecule has 3 fully saturated rings. The van der Waals surface area contributed by atoms with Crippen molar-refractivity contribution in [1.82, 2.24) is 0 Å². The van der Waals surface area contributed by atoms with E-state index in [0.717, 1.165) is 12.0 Å². The van der Waals surface area contributed by atoms with Crippen molar-refractivity contribution in [3.05, 3.63) is 23.8 Å². The van der Waals surface area contributed by atoms with Gasteiger partial charge in [0.25, 0.3) is 0 Å².